The summed E-state index contributed by atoms with van der Waals surface area (Å²) in [6.07, 6.45) is -2.15. The van der Waals surface area contributed by atoms with Crippen molar-refractivity contribution in [2.45, 2.75) is 37.9 Å². The van der Waals surface area contributed by atoms with Crippen molar-refractivity contribution < 1.29 is 18.0 Å². The third-order valence-electron chi connectivity index (χ3n) is 6.75. The molecule has 0 bridgehead atoms. The number of aromatic amines is 1. The number of rotatable bonds is 2. The Morgan fingerprint density at radius 3 is 2.59 bits per heavy atom. The van der Waals surface area contributed by atoms with Crippen molar-refractivity contribution in [2.75, 3.05) is 19.6 Å². The van der Waals surface area contributed by atoms with Crippen LogP contribution in [0.25, 0.3) is 0 Å². The van der Waals surface area contributed by atoms with Crippen molar-refractivity contribution in [3.05, 3.63) is 52.3 Å². The van der Waals surface area contributed by atoms with Gasteiger partial charge in [0.1, 0.15) is 0 Å². The Bertz CT molecular complexity index is 924. The summed E-state index contributed by atoms with van der Waals surface area (Å²) in [5, 5.41) is 10.5. The second-order valence-electron chi connectivity index (χ2n) is 8.44. The highest BCUT2D eigenvalue weighted by atomic mass is 19.4. The smallest absolute Gasteiger partial charge is 0.337 e. The van der Waals surface area contributed by atoms with Crippen LogP contribution in [0.2, 0.25) is 0 Å². The molecule has 1 saturated heterocycles. The SMILES string of the molecule is O=C(c1n[nH]c2c1CCNC2)N1C[C@H]2CC(c3ccccc3C(F)(F)F)C[C@H]2C1. The van der Waals surface area contributed by atoms with Crippen LogP contribution in [0.3, 0.4) is 0 Å². The topological polar surface area (TPSA) is 61.0 Å². The Hall–Kier alpha value is -2.35. The number of fused-ring (bicyclic) bond motifs is 2. The molecule has 0 spiro atoms. The largest absolute Gasteiger partial charge is 0.416 e. The van der Waals surface area contributed by atoms with Gasteiger partial charge in [0.2, 0.25) is 0 Å². The van der Waals surface area contributed by atoms with Crippen LogP contribution >= 0.6 is 0 Å². The van der Waals surface area contributed by atoms with Gasteiger partial charge in [0.25, 0.3) is 5.91 Å². The third-order valence-corrected chi connectivity index (χ3v) is 6.75. The highest BCUT2D eigenvalue weighted by Gasteiger charge is 2.45. The van der Waals surface area contributed by atoms with Crippen molar-refractivity contribution >= 4 is 5.91 Å². The Morgan fingerprint density at radius 2 is 1.86 bits per heavy atom. The molecule has 154 valence electrons. The van der Waals surface area contributed by atoms with E-state index in [-0.39, 0.29) is 23.7 Å². The summed E-state index contributed by atoms with van der Waals surface area (Å²) in [4.78, 5) is 14.9. The first-order chi connectivity index (χ1) is 13.9. The number of aromatic nitrogens is 2. The van der Waals surface area contributed by atoms with Crippen molar-refractivity contribution in [1.29, 1.82) is 0 Å². The van der Waals surface area contributed by atoms with E-state index in [1.807, 2.05) is 4.90 Å². The van der Waals surface area contributed by atoms with E-state index in [2.05, 4.69) is 15.5 Å². The lowest BCUT2D eigenvalue weighted by atomic mass is 9.91. The van der Waals surface area contributed by atoms with Gasteiger partial charge in [0.15, 0.2) is 5.69 Å². The number of nitrogens with one attached hydrogen (secondary N) is 2. The molecule has 2 aliphatic heterocycles. The average molecular weight is 404 g/mol. The van der Waals surface area contributed by atoms with Crippen LogP contribution < -0.4 is 5.32 Å². The fourth-order valence-corrected chi connectivity index (χ4v) is 5.40. The van der Waals surface area contributed by atoms with Gasteiger partial charge in [-0.2, -0.15) is 18.3 Å². The molecule has 2 fully saturated rings. The first-order valence-corrected chi connectivity index (χ1v) is 10.1. The van der Waals surface area contributed by atoms with Crippen molar-refractivity contribution in [2.24, 2.45) is 11.8 Å². The molecule has 29 heavy (non-hydrogen) atoms. The quantitative estimate of drug-likeness (QED) is 0.807. The number of hydrogen-bond donors (Lipinski definition) is 2. The Morgan fingerprint density at radius 1 is 1.14 bits per heavy atom. The van der Waals surface area contributed by atoms with Gasteiger partial charge in [-0.3, -0.25) is 9.89 Å². The molecule has 1 amide bonds. The fourth-order valence-electron chi connectivity index (χ4n) is 5.40. The van der Waals surface area contributed by atoms with Gasteiger partial charge in [-0.1, -0.05) is 18.2 Å². The van der Waals surface area contributed by atoms with Crippen LogP contribution in [0.5, 0.6) is 0 Å². The Balaban J connectivity index is 1.30. The van der Waals surface area contributed by atoms with E-state index < -0.39 is 11.7 Å². The number of likely N-dealkylation sites (tertiary alicyclic amines) is 1. The second-order valence-corrected chi connectivity index (χ2v) is 8.44. The molecule has 3 heterocycles. The van der Waals surface area contributed by atoms with Crippen molar-refractivity contribution in [3.63, 3.8) is 0 Å². The van der Waals surface area contributed by atoms with Gasteiger partial charge in [-0.25, -0.2) is 0 Å². The molecule has 3 aliphatic rings. The molecular formula is C21H23F3N4O. The van der Waals surface area contributed by atoms with Gasteiger partial charge >= 0.3 is 6.18 Å². The molecule has 1 unspecified atom stereocenters. The zero-order chi connectivity index (χ0) is 20.2. The van der Waals surface area contributed by atoms with Gasteiger partial charge in [0.05, 0.1) is 11.3 Å². The van der Waals surface area contributed by atoms with E-state index in [4.69, 9.17) is 0 Å². The number of halogens is 3. The highest BCUT2D eigenvalue weighted by Crippen LogP contribution is 2.49. The van der Waals surface area contributed by atoms with Crippen molar-refractivity contribution in [3.8, 4) is 0 Å². The maximum atomic E-state index is 13.4. The molecular weight excluding hydrogens is 381 g/mol. The lowest BCUT2D eigenvalue weighted by Crippen LogP contribution is -2.32. The van der Waals surface area contributed by atoms with Gasteiger partial charge in [-0.05, 0) is 55.2 Å². The van der Waals surface area contributed by atoms with E-state index in [0.29, 0.717) is 43.7 Å². The molecule has 1 saturated carbocycles. The van der Waals surface area contributed by atoms with Crippen LogP contribution in [0.1, 0.15) is 51.6 Å². The number of alkyl halides is 3. The zero-order valence-corrected chi connectivity index (χ0v) is 15.9. The van der Waals surface area contributed by atoms with E-state index in [1.165, 1.54) is 12.1 Å². The predicted octanol–water partition coefficient (Wildman–Crippen LogP) is 3.34. The summed E-state index contributed by atoms with van der Waals surface area (Å²) >= 11 is 0. The van der Waals surface area contributed by atoms with E-state index in [9.17, 15) is 18.0 Å². The van der Waals surface area contributed by atoms with Crippen LogP contribution in [-0.4, -0.2) is 40.6 Å². The summed E-state index contributed by atoms with van der Waals surface area (Å²) in [5.41, 5.74) is 2.38. The number of carbonyl (C=O) groups excluding carboxylic acids is 1. The summed E-state index contributed by atoms with van der Waals surface area (Å²) in [7, 11) is 0. The van der Waals surface area contributed by atoms with Crippen LogP contribution in [0.4, 0.5) is 13.2 Å². The standard InChI is InChI=1S/C21H23F3N4O/c22-21(23,24)17-4-2-1-3-15(17)12-7-13-10-28(11-14(13)8-12)20(29)19-16-5-6-25-9-18(16)26-27-19/h1-4,12-14,25H,5-11H2,(H,26,27)/t12?,13-,14+. The first kappa shape index (κ1) is 18.7. The van der Waals surface area contributed by atoms with Crippen LogP contribution in [0, 0.1) is 11.8 Å². The van der Waals surface area contributed by atoms with E-state index >= 15 is 0 Å². The van der Waals surface area contributed by atoms with Gasteiger partial charge in [0, 0.05) is 25.2 Å². The number of nitrogens with zero attached hydrogens (tertiary/aromatic N) is 2. The maximum Gasteiger partial charge on any atom is 0.416 e. The van der Waals surface area contributed by atoms with E-state index in [0.717, 1.165) is 24.2 Å². The lowest BCUT2D eigenvalue weighted by molar-refractivity contribution is -0.138. The number of benzene rings is 1. The first-order valence-electron chi connectivity index (χ1n) is 10.1. The molecule has 2 N–H and O–H groups in total. The number of carbonyl (C=O) groups is 1. The molecule has 5 nitrogen and oxygen atoms in total. The minimum absolute atomic E-state index is 0.0500. The summed E-state index contributed by atoms with van der Waals surface area (Å²) in [6, 6.07) is 5.92. The molecule has 8 heteroatoms. The lowest BCUT2D eigenvalue weighted by Gasteiger charge is -2.21. The fraction of sp³-hybridized carbons (Fsp3) is 0.524. The third kappa shape index (κ3) is 3.23. The number of hydrogen-bond acceptors (Lipinski definition) is 3. The van der Waals surface area contributed by atoms with Gasteiger partial charge in [-0.15, -0.1) is 0 Å². The Labute approximate surface area is 166 Å². The highest BCUT2D eigenvalue weighted by molar-refractivity contribution is 5.94. The molecule has 1 aliphatic carbocycles. The molecule has 2 aromatic rings. The van der Waals surface area contributed by atoms with Crippen molar-refractivity contribution in [1.82, 2.24) is 20.4 Å². The predicted molar refractivity (Wildman–Crippen MR) is 100 cm³/mol. The van der Waals surface area contributed by atoms with E-state index in [1.54, 1.807) is 12.1 Å². The normalized spacial score (nSPS) is 26.4. The molecule has 0 radical (unpaired) electrons. The molecule has 3 atom stereocenters. The van der Waals surface area contributed by atoms with Crippen LogP contribution in [0.15, 0.2) is 24.3 Å². The number of amides is 1. The van der Waals surface area contributed by atoms with Gasteiger partial charge < -0.3 is 10.2 Å². The molecule has 1 aromatic carbocycles. The molecule has 1 aromatic heterocycles. The Kier molecular flexibility index (Phi) is 4.42. The second kappa shape index (κ2) is 6.86. The summed E-state index contributed by atoms with van der Waals surface area (Å²) in [6.45, 7) is 2.74. The minimum Gasteiger partial charge on any atom is -0.337 e. The summed E-state index contributed by atoms with van der Waals surface area (Å²) in [5.74, 6) is 0.360. The zero-order valence-electron chi connectivity index (χ0n) is 15.9. The molecule has 5 rings (SSSR count). The summed E-state index contributed by atoms with van der Waals surface area (Å²) < 4.78 is 40.2. The average Bonchev–Trinajstić information content (AvgIpc) is 3.39. The minimum atomic E-state index is -4.33. The number of H-pyrrole nitrogens is 1. The monoisotopic (exact) mass is 404 g/mol. The maximum absolute atomic E-state index is 13.4. The van der Waals surface area contributed by atoms with Crippen LogP contribution in [-0.2, 0) is 19.1 Å².